The molecule has 0 bridgehead atoms. The van der Waals surface area contributed by atoms with Crippen molar-refractivity contribution in [1.82, 2.24) is 0 Å². The second-order valence-corrected chi connectivity index (χ2v) is 14.2. The molecule has 2 N–H and O–H groups in total. The molecule has 5 rings (SSSR count). The van der Waals surface area contributed by atoms with Crippen molar-refractivity contribution in [3.8, 4) is 0 Å². The average molecular weight is 607 g/mol. The van der Waals surface area contributed by atoms with Gasteiger partial charge < -0.3 is 33.9 Å². The van der Waals surface area contributed by atoms with Gasteiger partial charge in [-0.1, -0.05) is 33.8 Å². The molecule has 2 heterocycles. The van der Waals surface area contributed by atoms with E-state index in [9.17, 15) is 19.8 Å². The zero-order valence-corrected chi connectivity index (χ0v) is 27.0. The number of aliphatic hydroxyl groups excluding tert-OH is 2. The van der Waals surface area contributed by atoms with Crippen LogP contribution in [0.3, 0.4) is 0 Å². The molecule has 9 heteroatoms. The lowest BCUT2D eigenvalue weighted by molar-refractivity contribution is -0.311. The minimum atomic E-state index is -0.831. The van der Waals surface area contributed by atoms with E-state index >= 15 is 0 Å². The van der Waals surface area contributed by atoms with Crippen molar-refractivity contribution in [2.24, 2.45) is 47.3 Å². The van der Waals surface area contributed by atoms with Crippen molar-refractivity contribution in [3.63, 3.8) is 0 Å². The molecule has 0 aromatic heterocycles. The summed E-state index contributed by atoms with van der Waals surface area (Å²) in [6.07, 6.45) is 3.14. The molecule has 3 aliphatic carbocycles. The highest BCUT2D eigenvalue weighted by Gasteiger charge is 2.58. The number of Topliss-reactive ketones (excluding diaryl/α,β-unsaturated/α-hetero) is 1. The second-order valence-electron chi connectivity index (χ2n) is 14.2. The van der Waals surface area contributed by atoms with Gasteiger partial charge in [0.2, 0.25) is 0 Å². The Hall–Kier alpha value is -1.36. The molecule has 0 radical (unpaired) electrons. The first kappa shape index (κ1) is 33.0. The molecule has 0 amide bonds. The van der Waals surface area contributed by atoms with Gasteiger partial charge in [0, 0.05) is 26.1 Å². The van der Waals surface area contributed by atoms with Crippen LogP contribution in [0, 0.1) is 47.3 Å². The maximum Gasteiger partial charge on any atom is 0.306 e. The normalized spacial score (nSPS) is 49.2. The fourth-order valence-electron chi connectivity index (χ4n) is 9.12. The van der Waals surface area contributed by atoms with Crippen molar-refractivity contribution in [2.75, 3.05) is 14.2 Å². The van der Waals surface area contributed by atoms with Gasteiger partial charge in [-0.25, -0.2) is 0 Å². The summed E-state index contributed by atoms with van der Waals surface area (Å²) in [4.78, 5) is 27.3. The average Bonchev–Trinajstić information content (AvgIpc) is 3.57. The van der Waals surface area contributed by atoms with Crippen molar-refractivity contribution in [2.45, 2.75) is 129 Å². The molecule has 43 heavy (non-hydrogen) atoms. The van der Waals surface area contributed by atoms with E-state index in [0.29, 0.717) is 0 Å². The van der Waals surface area contributed by atoms with Crippen LogP contribution in [-0.4, -0.2) is 85.2 Å². The van der Waals surface area contributed by atoms with E-state index in [0.717, 1.165) is 44.1 Å². The number of ether oxygens (including phenoxy) is 5. The molecular formula is C34H54O9. The van der Waals surface area contributed by atoms with E-state index in [1.54, 1.807) is 21.1 Å². The lowest BCUT2D eigenvalue weighted by Crippen LogP contribution is -2.59. The lowest BCUT2D eigenvalue weighted by Gasteiger charge is -2.46. The minimum Gasteiger partial charge on any atom is -0.462 e. The summed E-state index contributed by atoms with van der Waals surface area (Å²) < 4.78 is 29.8. The molecule has 2 aliphatic heterocycles. The number of rotatable bonds is 5. The number of methoxy groups -OCH3 is 2. The molecule has 0 aromatic carbocycles. The Morgan fingerprint density at radius 1 is 0.953 bits per heavy atom. The van der Waals surface area contributed by atoms with Crippen LogP contribution in [0.2, 0.25) is 0 Å². The molecule has 16 atom stereocenters. The second kappa shape index (κ2) is 13.6. The number of aliphatic hydroxyl groups is 2. The first-order valence-corrected chi connectivity index (χ1v) is 16.7. The van der Waals surface area contributed by atoms with Gasteiger partial charge in [0.25, 0.3) is 0 Å². The summed E-state index contributed by atoms with van der Waals surface area (Å²) in [6.45, 7) is 10.1. The van der Waals surface area contributed by atoms with Crippen LogP contribution >= 0.6 is 0 Å². The number of carbonyl (C=O) groups excluding carboxylic acids is 2. The summed E-state index contributed by atoms with van der Waals surface area (Å²) in [5.41, 5.74) is 0.719. The smallest absolute Gasteiger partial charge is 0.306 e. The number of esters is 1. The lowest BCUT2D eigenvalue weighted by atomic mass is 9.60. The zero-order chi connectivity index (χ0) is 31.2. The van der Waals surface area contributed by atoms with Gasteiger partial charge in [0.15, 0.2) is 12.1 Å². The molecule has 5 aliphatic rings. The summed E-state index contributed by atoms with van der Waals surface area (Å²) in [5.74, 6) is -0.254. The largest absolute Gasteiger partial charge is 0.462 e. The number of ketones is 1. The summed E-state index contributed by atoms with van der Waals surface area (Å²) in [6, 6.07) is 0. The number of hydrogen-bond acceptors (Lipinski definition) is 9. The molecule has 3 unspecified atom stereocenters. The number of carbonyl (C=O) groups is 2. The standard InChI is InChI=1S/C34H54O9/c1-8-20-11-9-10-16(2)17(3)29(36)26-14-24-23-13-21(43-34-33(40-7)32(39-6)31(38)19(5)41-34)12-22(23)18(4)30(37)28(24)25(26)15-27(35)42-20/h14,16-25,28,30-34,37-38H,8-13,15H2,1-7H3/t16-,17+,18-,19?,20-,21+,22-,23+,24-,25+,28+,30+,31-,32?,33?,34-/m0/s1. The number of fused-ring (bicyclic) bond motifs is 5. The maximum atomic E-state index is 14.0. The van der Waals surface area contributed by atoms with Crippen LogP contribution in [0.1, 0.15) is 79.6 Å². The quantitative estimate of drug-likeness (QED) is 0.446. The van der Waals surface area contributed by atoms with Crippen LogP contribution in [0.5, 0.6) is 0 Å². The Bertz CT molecular complexity index is 1030. The van der Waals surface area contributed by atoms with Crippen LogP contribution in [-0.2, 0) is 33.3 Å². The molecule has 9 nitrogen and oxygen atoms in total. The number of allylic oxidation sites excluding steroid dienone is 2. The highest BCUT2D eigenvalue weighted by Crippen LogP contribution is 2.58. The Morgan fingerprint density at radius 3 is 2.33 bits per heavy atom. The van der Waals surface area contributed by atoms with Gasteiger partial charge in [-0.05, 0) is 86.5 Å². The molecule has 0 aromatic rings. The maximum absolute atomic E-state index is 14.0. The zero-order valence-electron chi connectivity index (χ0n) is 27.0. The summed E-state index contributed by atoms with van der Waals surface area (Å²) in [7, 11) is 3.11. The van der Waals surface area contributed by atoms with Crippen molar-refractivity contribution < 1.29 is 43.5 Å². The van der Waals surface area contributed by atoms with Crippen molar-refractivity contribution in [3.05, 3.63) is 11.6 Å². The highest BCUT2D eigenvalue weighted by atomic mass is 16.7. The topological polar surface area (TPSA) is 121 Å². The third-order valence-corrected chi connectivity index (χ3v) is 11.9. The van der Waals surface area contributed by atoms with Gasteiger partial charge >= 0.3 is 5.97 Å². The Kier molecular flexibility index (Phi) is 10.4. The van der Waals surface area contributed by atoms with E-state index < -0.39 is 36.8 Å². The summed E-state index contributed by atoms with van der Waals surface area (Å²) in [5, 5.41) is 22.4. The third kappa shape index (κ3) is 6.24. The summed E-state index contributed by atoms with van der Waals surface area (Å²) >= 11 is 0. The van der Waals surface area contributed by atoms with Crippen LogP contribution in [0.15, 0.2) is 11.6 Å². The first-order chi connectivity index (χ1) is 20.5. The predicted octanol–water partition coefficient (Wildman–Crippen LogP) is 4.07. The first-order valence-electron chi connectivity index (χ1n) is 16.7. The monoisotopic (exact) mass is 606 g/mol. The Morgan fingerprint density at radius 2 is 1.65 bits per heavy atom. The molecule has 2 saturated heterocycles. The van der Waals surface area contributed by atoms with Gasteiger partial charge in [-0.3, -0.25) is 9.59 Å². The van der Waals surface area contributed by atoms with Gasteiger partial charge in [-0.2, -0.15) is 0 Å². The van der Waals surface area contributed by atoms with E-state index in [-0.39, 0.29) is 77.7 Å². The van der Waals surface area contributed by atoms with Gasteiger partial charge in [-0.15, -0.1) is 0 Å². The van der Waals surface area contributed by atoms with E-state index in [1.165, 1.54) is 0 Å². The Labute approximate surface area is 257 Å². The SMILES string of the molecule is CC[C@H]1CCC[C@H](C)[C@@H](C)C(=O)C2=C[C@H]3[C@@H]4C[C@H](O[C@@H]5OC(C)[C@H](O)C(OC)C5OC)C[C@H]4[C@H](C)[C@@H](O)[C@H]3[C@@H]2CC(=O)O1. The molecule has 244 valence electrons. The molecule has 2 saturated carbocycles. The van der Waals surface area contributed by atoms with Crippen molar-refractivity contribution >= 4 is 11.8 Å². The molecular weight excluding hydrogens is 552 g/mol. The Balaban J connectivity index is 1.40. The minimum absolute atomic E-state index is 0.0159. The fraction of sp³-hybridized carbons (Fsp3) is 0.882. The van der Waals surface area contributed by atoms with Gasteiger partial charge in [0.05, 0.1) is 24.7 Å². The van der Waals surface area contributed by atoms with E-state index in [2.05, 4.69) is 19.9 Å². The van der Waals surface area contributed by atoms with Crippen LogP contribution < -0.4 is 0 Å². The fourth-order valence-corrected chi connectivity index (χ4v) is 9.12. The van der Waals surface area contributed by atoms with Gasteiger partial charge in [0.1, 0.15) is 24.4 Å². The molecule has 4 fully saturated rings. The third-order valence-electron chi connectivity index (χ3n) is 11.9. The van der Waals surface area contributed by atoms with E-state index in [4.69, 9.17) is 23.7 Å². The van der Waals surface area contributed by atoms with Crippen LogP contribution in [0.25, 0.3) is 0 Å². The number of hydrogen-bond donors (Lipinski definition) is 2. The number of cyclic esters (lactones) is 1. The predicted molar refractivity (Wildman–Crippen MR) is 159 cm³/mol. The van der Waals surface area contributed by atoms with Crippen molar-refractivity contribution in [1.29, 1.82) is 0 Å². The van der Waals surface area contributed by atoms with E-state index in [1.807, 2.05) is 13.8 Å². The van der Waals surface area contributed by atoms with Crippen LogP contribution in [0.4, 0.5) is 0 Å². The molecule has 0 spiro atoms. The highest BCUT2D eigenvalue weighted by molar-refractivity contribution is 5.98.